The number of unbranched alkanes of at least 4 members (excludes halogenated alkanes) is 1. The van der Waals surface area contributed by atoms with E-state index < -0.39 is 11.8 Å². The summed E-state index contributed by atoms with van der Waals surface area (Å²) in [6, 6.07) is 24.6. The minimum Gasteiger partial charge on any atom is -0.315 e. The molecule has 0 radical (unpaired) electrons. The second kappa shape index (κ2) is 12.0. The lowest BCUT2D eigenvalue weighted by Gasteiger charge is -2.22. The van der Waals surface area contributed by atoms with E-state index in [1.807, 2.05) is 74.5 Å². The van der Waals surface area contributed by atoms with E-state index in [-0.39, 0.29) is 12.5 Å². The van der Waals surface area contributed by atoms with Crippen molar-refractivity contribution in [2.45, 2.75) is 26.7 Å². The number of carbonyl (C=O) groups excluding carboxylic acids is 2. The van der Waals surface area contributed by atoms with Crippen LogP contribution in [0.1, 0.15) is 25.3 Å². The van der Waals surface area contributed by atoms with Crippen molar-refractivity contribution in [3.63, 3.8) is 0 Å². The Morgan fingerprint density at radius 1 is 0.946 bits per heavy atom. The Morgan fingerprint density at radius 2 is 1.70 bits per heavy atom. The number of amides is 3. The van der Waals surface area contributed by atoms with Crippen LogP contribution in [0.25, 0.3) is 16.9 Å². The number of hydrogen-bond donors (Lipinski definition) is 2. The van der Waals surface area contributed by atoms with Gasteiger partial charge in [0, 0.05) is 23.9 Å². The first kappa shape index (κ1) is 25.6. The molecule has 0 saturated carbocycles. The lowest BCUT2D eigenvalue weighted by molar-refractivity contribution is -0.116. The van der Waals surface area contributed by atoms with Crippen LogP contribution in [-0.2, 0) is 4.79 Å². The Bertz CT molecular complexity index is 1350. The summed E-state index contributed by atoms with van der Waals surface area (Å²) in [7, 11) is 0. The van der Waals surface area contributed by atoms with Crippen LogP contribution in [0, 0.1) is 12.7 Å². The van der Waals surface area contributed by atoms with E-state index in [1.165, 1.54) is 23.1 Å². The van der Waals surface area contributed by atoms with E-state index >= 15 is 0 Å². The lowest BCUT2D eigenvalue weighted by atomic mass is 10.1. The van der Waals surface area contributed by atoms with Crippen LogP contribution in [0.2, 0.25) is 0 Å². The van der Waals surface area contributed by atoms with Gasteiger partial charge in [-0.25, -0.2) is 13.9 Å². The third-order valence-corrected chi connectivity index (χ3v) is 5.80. The molecule has 0 aliphatic rings. The molecule has 0 saturated heterocycles. The predicted molar refractivity (Wildman–Crippen MR) is 144 cm³/mol. The highest BCUT2D eigenvalue weighted by atomic mass is 19.1. The van der Waals surface area contributed by atoms with Crippen molar-refractivity contribution in [1.29, 1.82) is 0 Å². The highest BCUT2D eigenvalue weighted by Gasteiger charge is 2.20. The molecule has 3 amide bonds. The van der Waals surface area contributed by atoms with Crippen molar-refractivity contribution in [1.82, 2.24) is 14.7 Å². The molecule has 0 spiro atoms. The zero-order valence-corrected chi connectivity index (χ0v) is 20.9. The number of urea groups is 1. The summed E-state index contributed by atoms with van der Waals surface area (Å²) in [4.78, 5) is 27.5. The molecule has 1 heterocycles. The number of benzene rings is 3. The van der Waals surface area contributed by atoms with E-state index in [2.05, 4.69) is 10.6 Å². The fraction of sp³-hybridized carbons (Fsp3) is 0.207. The van der Waals surface area contributed by atoms with Crippen LogP contribution in [-0.4, -0.2) is 39.7 Å². The molecule has 3 aromatic carbocycles. The summed E-state index contributed by atoms with van der Waals surface area (Å²) in [5.74, 6) is -0.318. The van der Waals surface area contributed by atoms with Crippen molar-refractivity contribution in [2.24, 2.45) is 0 Å². The average Bonchev–Trinajstić information content (AvgIpc) is 3.31. The van der Waals surface area contributed by atoms with Crippen molar-refractivity contribution < 1.29 is 14.0 Å². The number of nitrogens with one attached hydrogen (secondary N) is 2. The molecule has 4 aromatic rings. The zero-order chi connectivity index (χ0) is 26.2. The predicted octanol–water partition coefficient (Wildman–Crippen LogP) is 6.26. The Morgan fingerprint density at radius 3 is 2.41 bits per heavy atom. The van der Waals surface area contributed by atoms with E-state index in [1.54, 1.807) is 10.7 Å². The summed E-state index contributed by atoms with van der Waals surface area (Å²) in [5.41, 5.74) is 3.87. The highest BCUT2D eigenvalue weighted by molar-refractivity contribution is 5.97. The maximum Gasteiger partial charge on any atom is 0.322 e. The number of anilines is 2. The van der Waals surface area contributed by atoms with Crippen LogP contribution < -0.4 is 10.6 Å². The first-order chi connectivity index (χ1) is 17.9. The molecular weight excluding hydrogens is 469 g/mol. The van der Waals surface area contributed by atoms with E-state index in [4.69, 9.17) is 5.10 Å². The second-order valence-electron chi connectivity index (χ2n) is 8.79. The van der Waals surface area contributed by atoms with Crippen LogP contribution in [0.3, 0.4) is 0 Å². The lowest BCUT2D eigenvalue weighted by Crippen LogP contribution is -2.41. The Kier molecular flexibility index (Phi) is 8.30. The molecule has 0 unspecified atom stereocenters. The van der Waals surface area contributed by atoms with Gasteiger partial charge < -0.3 is 15.5 Å². The third kappa shape index (κ3) is 6.82. The minimum absolute atomic E-state index is 0.166. The molecule has 4 rings (SSSR count). The SMILES string of the molecule is CCCCN(CC(=O)Nc1cc(-c2ccccc2)nn1-c1ccc(C)cc1)C(=O)Nc1cccc(F)c1. The molecule has 190 valence electrons. The van der Waals surface area contributed by atoms with Gasteiger partial charge in [-0.15, -0.1) is 0 Å². The topological polar surface area (TPSA) is 79.3 Å². The molecule has 0 aliphatic heterocycles. The summed E-state index contributed by atoms with van der Waals surface area (Å²) in [6.45, 7) is 4.23. The molecule has 0 atom stereocenters. The van der Waals surface area contributed by atoms with E-state index in [0.717, 1.165) is 29.7 Å². The van der Waals surface area contributed by atoms with Gasteiger partial charge in [0.15, 0.2) is 0 Å². The van der Waals surface area contributed by atoms with Gasteiger partial charge in [0.05, 0.1) is 11.4 Å². The number of aryl methyl sites for hydroxylation is 1. The van der Waals surface area contributed by atoms with Gasteiger partial charge >= 0.3 is 6.03 Å². The molecule has 2 N–H and O–H groups in total. The number of rotatable bonds is 9. The largest absolute Gasteiger partial charge is 0.322 e. The van der Waals surface area contributed by atoms with Gasteiger partial charge in [-0.2, -0.15) is 5.10 Å². The molecule has 0 fully saturated rings. The monoisotopic (exact) mass is 499 g/mol. The van der Waals surface area contributed by atoms with Crippen molar-refractivity contribution in [3.05, 3.63) is 96.3 Å². The summed E-state index contributed by atoms with van der Waals surface area (Å²) >= 11 is 0. The fourth-order valence-corrected chi connectivity index (χ4v) is 3.83. The van der Waals surface area contributed by atoms with Gasteiger partial charge in [-0.1, -0.05) is 67.4 Å². The van der Waals surface area contributed by atoms with Crippen molar-refractivity contribution in [3.8, 4) is 16.9 Å². The molecule has 7 nitrogen and oxygen atoms in total. The molecule has 8 heteroatoms. The van der Waals surface area contributed by atoms with Crippen molar-refractivity contribution >= 4 is 23.4 Å². The number of aromatic nitrogens is 2. The van der Waals surface area contributed by atoms with Crippen LogP contribution in [0.15, 0.2) is 84.9 Å². The Labute approximate surface area is 215 Å². The van der Waals surface area contributed by atoms with Gasteiger partial charge in [0.1, 0.15) is 18.2 Å². The zero-order valence-electron chi connectivity index (χ0n) is 20.9. The molecule has 1 aromatic heterocycles. The smallest absolute Gasteiger partial charge is 0.315 e. The quantitative estimate of drug-likeness (QED) is 0.285. The van der Waals surface area contributed by atoms with E-state index in [9.17, 15) is 14.0 Å². The van der Waals surface area contributed by atoms with Crippen LogP contribution in [0.4, 0.5) is 20.7 Å². The molecular formula is C29H30FN5O2. The van der Waals surface area contributed by atoms with Crippen LogP contribution in [0.5, 0.6) is 0 Å². The highest BCUT2D eigenvalue weighted by Crippen LogP contribution is 2.25. The third-order valence-electron chi connectivity index (χ3n) is 5.80. The first-order valence-corrected chi connectivity index (χ1v) is 12.3. The number of hydrogen-bond acceptors (Lipinski definition) is 3. The maximum absolute atomic E-state index is 13.6. The average molecular weight is 500 g/mol. The molecule has 0 aliphatic carbocycles. The number of nitrogens with zero attached hydrogens (tertiary/aromatic N) is 3. The van der Waals surface area contributed by atoms with Crippen molar-refractivity contribution in [2.75, 3.05) is 23.7 Å². The van der Waals surface area contributed by atoms with Gasteiger partial charge in [0.25, 0.3) is 0 Å². The second-order valence-corrected chi connectivity index (χ2v) is 8.79. The van der Waals surface area contributed by atoms with Gasteiger partial charge in [-0.3, -0.25) is 4.79 Å². The van der Waals surface area contributed by atoms with Gasteiger partial charge in [0.2, 0.25) is 5.91 Å². The minimum atomic E-state index is -0.466. The first-order valence-electron chi connectivity index (χ1n) is 12.3. The van der Waals surface area contributed by atoms with Gasteiger partial charge in [-0.05, 0) is 43.7 Å². The molecule has 0 bridgehead atoms. The summed E-state index contributed by atoms with van der Waals surface area (Å²) < 4.78 is 15.2. The molecule has 37 heavy (non-hydrogen) atoms. The Balaban J connectivity index is 1.55. The van der Waals surface area contributed by atoms with E-state index in [0.29, 0.717) is 23.7 Å². The fourth-order valence-electron chi connectivity index (χ4n) is 3.83. The maximum atomic E-state index is 13.6. The number of halogens is 1. The summed E-state index contributed by atoms with van der Waals surface area (Å²) in [6.07, 6.45) is 1.58. The number of carbonyl (C=O) groups is 2. The normalized spacial score (nSPS) is 10.7. The standard InChI is InChI=1S/C29H30FN5O2/c1-3-4-17-34(29(37)31-24-12-8-11-23(30)18-24)20-28(36)32-27-19-26(22-9-6-5-7-10-22)33-35(27)25-15-13-21(2)14-16-25/h5-16,18-19H,3-4,17,20H2,1-2H3,(H,31,37)(H,32,36). The Hall–Kier alpha value is -4.46. The summed E-state index contributed by atoms with van der Waals surface area (Å²) in [5, 5.41) is 10.3. The van der Waals surface area contributed by atoms with Crippen LogP contribution >= 0.6 is 0 Å².